The van der Waals surface area contributed by atoms with Gasteiger partial charge in [-0.2, -0.15) is 13.2 Å². The van der Waals surface area contributed by atoms with Gasteiger partial charge in [0.05, 0.1) is 18.8 Å². The molecule has 0 bridgehead atoms. The number of benzene rings is 2. The summed E-state index contributed by atoms with van der Waals surface area (Å²) in [5.74, 6) is -0.563. The molecule has 0 atom stereocenters. The van der Waals surface area contributed by atoms with E-state index in [4.69, 9.17) is 4.74 Å². The van der Waals surface area contributed by atoms with Crippen LogP contribution in [0.4, 0.5) is 17.6 Å². The van der Waals surface area contributed by atoms with Gasteiger partial charge in [-0.3, -0.25) is 9.89 Å². The van der Waals surface area contributed by atoms with E-state index in [1.54, 1.807) is 7.05 Å². The number of morpholine rings is 1. The van der Waals surface area contributed by atoms with E-state index in [0.717, 1.165) is 50.5 Å². The normalized spacial score (nSPS) is 15.2. The summed E-state index contributed by atoms with van der Waals surface area (Å²) in [5.41, 5.74) is 1.17. The van der Waals surface area contributed by atoms with Gasteiger partial charge in [-0.1, -0.05) is 30.3 Å². The van der Waals surface area contributed by atoms with Crippen molar-refractivity contribution in [2.75, 3.05) is 33.4 Å². The van der Waals surface area contributed by atoms with Gasteiger partial charge < -0.3 is 15.4 Å². The summed E-state index contributed by atoms with van der Waals surface area (Å²) >= 11 is 0. The Kier molecular flexibility index (Phi) is 10.2. The fraction of sp³-hybridized carbons (Fsp3) is 0.409. The summed E-state index contributed by atoms with van der Waals surface area (Å²) in [5, 5.41) is 5.97. The lowest BCUT2D eigenvalue weighted by atomic mass is 10.1. The van der Waals surface area contributed by atoms with Gasteiger partial charge in [0, 0.05) is 39.8 Å². The zero-order chi connectivity index (χ0) is 22.3. The summed E-state index contributed by atoms with van der Waals surface area (Å²) in [6.07, 6.45) is -4.63. The Bertz CT molecular complexity index is 902. The molecular formula is C22H27F4IN4O. The predicted octanol–water partition coefficient (Wildman–Crippen LogP) is 4.16. The third kappa shape index (κ3) is 7.89. The molecule has 1 aliphatic rings. The molecule has 176 valence electrons. The molecule has 1 heterocycles. The number of nitrogens with one attached hydrogen (secondary N) is 2. The Morgan fingerprint density at radius 1 is 1.03 bits per heavy atom. The van der Waals surface area contributed by atoms with Crippen LogP contribution in [0.25, 0.3) is 0 Å². The van der Waals surface area contributed by atoms with Gasteiger partial charge >= 0.3 is 6.18 Å². The smallest absolute Gasteiger partial charge is 0.379 e. The third-order valence-electron chi connectivity index (χ3n) is 5.01. The molecule has 3 rings (SSSR count). The highest BCUT2D eigenvalue weighted by molar-refractivity contribution is 14.0. The minimum absolute atomic E-state index is 0. The van der Waals surface area contributed by atoms with Crippen molar-refractivity contribution in [3.8, 4) is 0 Å². The van der Waals surface area contributed by atoms with Crippen LogP contribution in [0.15, 0.2) is 47.5 Å². The zero-order valence-electron chi connectivity index (χ0n) is 17.7. The molecule has 2 N–H and O–H groups in total. The summed E-state index contributed by atoms with van der Waals surface area (Å²) in [6.45, 7) is 4.47. The average Bonchev–Trinajstić information content (AvgIpc) is 2.75. The number of halogens is 5. The first-order valence-electron chi connectivity index (χ1n) is 10.0. The monoisotopic (exact) mass is 566 g/mol. The number of alkyl halides is 3. The highest BCUT2D eigenvalue weighted by Crippen LogP contribution is 2.32. The summed E-state index contributed by atoms with van der Waals surface area (Å²) in [4.78, 5) is 6.39. The second-order valence-corrected chi connectivity index (χ2v) is 7.29. The van der Waals surface area contributed by atoms with Crippen LogP contribution in [0.5, 0.6) is 0 Å². The first kappa shape index (κ1) is 26.3. The zero-order valence-corrected chi connectivity index (χ0v) is 20.0. The average molecular weight is 566 g/mol. The van der Waals surface area contributed by atoms with Crippen molar-refractivity contribution in [3.63, 3.8) is 0 Å². The fourth-order valence-corrected chi connectivity index (χ4v) is 3.41. The van der Waals surface area contributed by atoms with E-state index in [9.17, 15) is 17.6 Å². The Morgan fingerprint density at radius 2 is 1.72 bits per heavy atom. The number of ether oxygens (including phenoxy) is 1. The lowest BCUT2D eigenvalue weighted by molar-refractivity contribution is -0.138. The third-order valence-corrected chi connectivity index (χ3v) is 5.01. The number of rotatable bonds is 6. The van der Waals surface area contributed by atoms with E-state index in [0.29, 0.717) is 18.6 Å². The van der Waals surface area contributed by atoms with Crippen LogP contribution in [0, 0.1) is 5.82 Å². The molecule has 1 saturated heterocycles. The molecule has 0 radical (unpaired) electrons. The van der Waals surface area contributed by atoms with Crippen LogP contribution in [0.2, 0.25) is 0 Å². The fourth-order valence-electron chi connectivity index (χ4n) is 3.41. The standard InChI is InChI=1S/C22H26F4N4O.HI/c1-27-21(29-14-18-5-6-19(23)12-20(18)22(24,25)26)28-13-16-3-2-4-17(11-16)15-30-7-9-31-10-8-30;/h2-6,11-12H,7-10,13-15H2,1H3,(H2,27,28,29);1H. The summed E-state index contributed by atoms with van der Waals surface area (Å²) < 4.78 is 58.1. The van der Waals surface area contributed by atoms with Crippen molar-refractivity contribution >= 4 is 29.9 Å². The van der Waals surface area contributed by atoms with Gasteiger partial charge in [0.2, 0.25) is 0 Å². The maximum atomic E-state index is 13.3. The Balaban J connectivity index is 0.00000363. The second-order valence-electron chi connectivity index (χ2n) is 7.29. The van der Waals surface area contributed by atoms with Crippen LogP contribution in [-0.4, -0.2) is 44.2 Å². The Labute approximate surface area is 202 Å². The van der Waals surface area contributed by atoms with Crippen molar-refractivity contribution < 1.29 is 22.3 Å². The van der Waals surface area contributed by atoms with Gasteiger partial charge in [0.1, 0.15) is 5.82 Å². The second kappa shape index (κ2) is 12.4. The lowest BCUT2D eigenvalue weighted by Gasteiger charge is -2.26. The molecule has 10 heteroatoms. The maximum absolute atomic E-state index is 13.3. The molecule has 0 spiro atoms. The van der Waals surface area contributed by atoms with Gasteiger partial charge in [0.25, 0.3) is 0 Å². The van der Waals surface area contributed by atoms with E-state index >= 15 is 0 Å². The minimum Gasteiger partial charge on any atom is -0.379 e. The molecular weight excluding hydrogens is 539 g/mol. The molecule has 32 heavy (non-hydrogen) atoms. The molecule has 2 aromatic carbocycles. The summed E-state index contributed by atoms with van der Waals surface area (Å²) in [6, 6.07) is 10.8. The quantitative estimate of drug-likeness (QED) is 0.239. The molecule has 1 aliphatic heterocycles. The van der Waals surface area contributed by atoms with Crippen LogP contribution >= 0.6 is 24.0 Å². The van der Waals surface area contributed by atoms with Gasteiger partial charge in [-0.05, 0) is 28.8 Å². The van der Waals surface area contributed by atoms with Gasteiger partial charge in [-0.15, -0.1) is 24.0 Å². The van der Waals surface area contributed by atoms with Crippen molar-refractivity contribution in [2.45, 2.75) is 25.8 Å². The van der Waals surface area contributed by atoms with E-state index in [1.165, 1.54) is 5.56 Å². The van der Waals surface area contributed by atoms with Crippen LogP contribution < -0.4 is 10.6 Å². The topological polar surface area (TPSA) is 48.9 Å². The number of hydrogen-bond acceptors (Lipinski definition) is 3. The summed E-state index contributed by atoms with van der Waals surface area (Å²) in [7, 11) is 1.54. The van der Waals surface area contributed by atoms with Crippen molar-refractivity contribution in [3.05, 3.63) is 70.5 Å². The van der Waals surface area contributed by atoms with E-state index < -0.39 is 17.6 Å². The number of aliphatic imine (C=N–C) groups is 1. The molecule has 1 fully saturated rings. The molecule has 0 aliphatic carbocycles. The molecule has 0 unspecified atom stereocenters. The first-order valence-corrected chi connectivity index (χ1v) is 10.0. The molecule has 0 amide bonds. The SMILES string of the molecule is CN=C(NCc1cccc(CN2CCOCC2)c1)NCc1ccc(F)cc1C(F)(F)F.I. The molecule has 5 nitrogen and oxygen atoms in total. The van der Waals surface area contributed by atoms with Crippen LogP contribution in [0.1, 0.15) is 22.3 Å². The maximum Gasteiger partial charge on any atom is 0.416 e. The van der Waals surface area contributed by atoms with Gasteiger partial charge in [0.15, 0.2) is 5.96 Å². The molecule has 2 aromatic rings. The number of guanidine groups is 1. The van der Waals surface area contributed by atoms with Crippen molar-refractivity contribution in [1.29, 1.82) is 0 Å². The Hall–Kier alpha value is -1.92. The van der Waals surface area contributed by atoms with E-state index in [-0.39, 0.29) is 36.1 Å². The predicted molar refractivity (Wildman–Crippen MR) is 126 cm³/mol. The first-order chi connectivity index (χ1) is 14.8. The number of hydrogen-bond donors (Lipinski definition) is 2. The lowest BCUT2D eigenvalue weighted by Crippen LogP contribution is -2.37. The highest BCUT2D eigenvalue weighted by Gasteiger charge is 2.33. The van der Waals surface area contributed by atoms with Crippen LogP contribution in [0.3, 0.4) is 0 Å². The minimum atomic E-state index is -4.63. The van der Waals surface area contributed by atoms with Crippen molar-refractivity contribution in [1.82, 2.24) is 15.5 Å². The van der Waals surface area contributed by atoms with E-state index in [2.05, 4.69) is 32.7 Å². The van der Waals surface area contributed by atoms with Gasteiger partial charge in [-0.25, -0.2) is 4.39 Å². The molecule has 0 saturated carbocycles. The van der Waals surface area contributed by atoms with E-state index in [1.807, 2.05) is 12.1 Å². The van der Waals surface area contributed by atoms with Crippen molar-refractivity contribution in [2.24, 2.45) is 4.99 Å². The highest BCUT2D eigenvalue weighted by atomic mass is 127. The Morgan fingerprint density at radius 3 is 2.41 bits per heavy atom. The largest absolute Gasteiger partial charge is 0.416 e. The van der Waals surface area contributed by atoms with Crippen LogP contribution in [-0.2, 0) is 30.5 Å². The number of nitrogens with zero attached hydrogens (tertiary/aromatic N) is 2. The molecule has 0 aromatic heterocycles.